The second-order valence-electron chi connectivity index (χ2n) is 5.92. The smallest absolute Gasteiger partial charge is 0.218 e. The van der Waals surface area contributed by atoms with Crippen molar-refractivity contribution in [3.63, 3.8) is 0 Å². The maximum Gasteiger partial charge on any atom is 0.218 e. The van der Waals surface area contributed by atoms with Crippen molar-refractivity contribution in [3.8, 4) is 5.88 Å². The van der Waals surface area contributed by atoms with Crippen LogP contribution in [-0.2, 0) is 6.54 Å². The van der Waals surface area contributed by atoms with Gasteiger partial charge in [0.2, 0.25) is 5.88 Å². The Balaban J connectivity index is 2.02. The zero-order valence-corrected chi connectivity index (χ0v) is 12.4. The van der Waals surface area contributed by atoms with Crippen LogP contribution in [0.5, 0.6) is 5.88 Å². The zero-order valence-electron chi connectivity index (χ0n) is 12.4. The fourth-order valence-corrected chi connectivity index (χ4v) is 2.58. The topological polar surface area (TPSA) is 34.2 Å². The number of aromatic nitrogens is 1. The molecule has 3 nitrogen and oxygen atoms in total. The number of rotatable bonds is 5. The van der Waals surface area contributed by atoms with Crippen molar-refractivity contribution < 1.29 is 4.74 Å². The lowest BCUT2D eigenvalue weighted by atomic mass is 9.88. The van der Waals surface area contributed by atoms with Gasteiger partial charge < -0.3 is 10.1 Å². The van der Waals surface area contributed by atoms with Crippen LogP contribution in [0.4, 0.5) is 0 Å². The van der Waals surface area contributed by atoms with Crippen molar-refractivity contribution in [2.45, 2.75) is 65.1 Å². The Kier molecular flexibility index (Phi) is 5.20. The summed E-state index contributed by atoms with van der Waals surface area (Å²) in [6.07, 6.45) is 7.21. The third kappa shape index (κ3) is 4.20. The lowest BCUT2D eigenvalue weighted by Crippen LogP contribution is -2.29. The van der Waals surface area contributed by atoms with Crippen LogP contribution in [0.2, 0.25) is 0 Å². The Hall–Kier alpha value is -1.09. The van der Waals surface area contributed by atoms with Gasteiger partial charge in [0.15, 0.2) is 0 Å². The van der Waals surface area contributed by atoms with Gasteiger partial charge in [-0.1, -0.05) is 33.3 Å². The quantitative estimate of drug-likeness (QED) is 0.881. The Labute approximate surface area is 116 Å². The summed E-state index contributed by atoms with van der Waals surface area (Å²) in [5, 5.41) is 3.43. The molecule has 1 aliphatic rings. The first kappa shape index (κ1) is 14.3. The number of hydrogen-bond donors (Lipinski definition) is 1. The second-order valence-corrected chi connectivity index (χ2v) is 5.92. The Morgan fingerprint density at radius 1 is 1.37 bits per heavy atom. The number of hydrogen-bond acceptors (Lipinski definition) is 3. The normalized spacial score (nSPS) is 23.6. The molecule has 1 heterocycles. The van der Waals surface area contributed by atoms with Gasteiger partial charge in [-0.05, 0) is 31.2 Å². The predicted molar refractivity (Wildman–Crippen MR) is 78.3 cm³/mol. The van der Waals surface area contributed by atoms with E-state index >= 15 is 0 Å². The SMILES string of the molecule is CC(C)NCc1cccnc1OC1CCCCC1C. The molecule has 0 saturated heterocycles. The maximum atomic E-state index is 6.18. The maximum absolute atomic E-state index is 6.18. The molecule has 0 radical (unpaired) electrons. The van der Waals surface area contributed by atoms with E-state index in [9.17, 15) is 0 Å². The first-order valence-electron chi connectivity index (χ1n) is 7.50. The number of ether oxygens (including phenoxy) is 1. The summed E-state index contributed by atoms with van der Waals surface area (Å²) in [6.45, 7) is 7.42. The minimum absolute atomic E-state index is 0.335. The van der Waals surface area contributed by atoms with Crippen LogP contribution in [0.1, 0.15) is 52.0 Å². The van der Waals surface area contributed by atoms with Crippen LogP contribution < -0.4 is 10.1 Å². The van der Waals surface area contributed by atoms with Crippen LogP contribution in [0.3, 0.4) is 0 Å². The lowest BCUT2D eigenvalue weighted by Gasteiger charge is -2.29. The van der Waals surface area contributed by atoms with Crippen molar-refractivity contribution in [1.82, 2.24) is 10.3 Å². The van der Waals surface area contributed by atoms with E-state index in [1.54, 1.807) is 0 Å². The molecule has 0 bridgehead atoms. The van der Waals surface area contributed by atoms with Crippen LogP contribution in [-0.4, -0.2) is 17.1 Å². The molecule has 0 aromatic carbocycles. The molecule has 1 fully saturated rings. The van der Waals surface area contributed by atoms with Gasteiger partial charge in [-0.25, -0.2) is 4.98 Å². The molecular formula is C16H26N2O. The van der Waals surface area contributed by atoms with Crippen LogP contribution in [0.25, 0.3) is 0 Å². The molecule has 3 heteroatoms. The van der Waals surface area contributed by atoms with E-state index in [0.717, 1.165) is 24.4 Å². The van der Waals surface area contributed by atoms with Crippen LogP contribution in [0, 0.1) is 5.92 Å². The summed E-state index contributed by atoms with van der Waals surface area (Å²) in [7, 11) is 0. The Morgan fingerprint density at radius 2 is 2.16 bits per heavy atom. The van der Waals surface area contributed by atoms with Gasteiger partial charge in [0.25, 0.3) is 0 Å². The molecule has 1 aromatic heterocycles. The molecule has 0 amide bonds. The fraction of sp³-hybridized carbons (Fsp3) is 0.688. The van der Waals surface area contributed by atoms with E-state index in [1.165, 1.54) is 19.3 Å². The fourth-order valence-electron chi connectivity index (χ4n) is 2.58. The summed E-state index contributed by atoms with van der Waals surface area (Å²) in [6, 6.07) is 4.56. The second kappa shape index (κ2) is 6.90. The highest BCUT2D eigenvalue weighted by molar-refractivity contribution is 5.25. The molecule has 0 aliphatic heterocycles. The third-order valence-corrected chi connectivity index (χ3v) is 3.85. The van der Waals surface area contributed by atoms with Gasteiger partial charge in [0, 0.05) is 24.3 Å². The minimum Gasteiger partial charge on any atom is -0.474 e. The summed E-state index contributed by atoms with van der Waals surface area (Å²) in [5.41, 5.74) is 1.16. The van der Waals surface area contributed by atoms with E-state index in [4.69, 9.17) is 4.74 Å². The van der Waals surface area contributed by atoms with Gasteiger partial charge in [0.05, 0.1) is 0 Å². The molecule has 2 atom stereocenters. The number of nitrogens with zero attached hydrogens (tertiary/aromatic N) is 1. The largest absolute Gasteiger partial charge is 0.474 e. The standard InChI is InChI=1S/C16H26N2O/c1-12(2)18-11-14-8-6-10-17-16(14)19-15-9-5-4-7-13(15)3/h6,8,10,12-13,15,18H,4-5,7,9,11H2,1-3H3. The van der Waals surface area contributed by atoms with Crippen LogP contribution >= 0.6 is 0 Å². The molecule has 1 aliphatic carbocycles. The van der Waals surface area contributed by atoms with Gasteiger partial charge in [-0.15, -0.1) is 0 Å². The zero-order chi connectivity index (χ0) is 13.7. The van der Waals surface area contributed by atoms with Gasteiger partial charge in [-0.2, -0.15) is 0 Å². The summed E-state index contributed by atoms with van der Waals surface area (Å²) in [5.74, 6) is 1.45. The summed E-state index contributed by atoms with van der Waals surface area (Å²) < 4.78 is 6.18. The van der Waals surface area contributed by atoms with Crippen molar-refractivity contribution in [1.29, 1.82) is 0 Å². The number of nitrogens with one attached hydrogen (secondary N) is 1. The highest BCUT2D eigenvalue weighted by atomic mass is 16.5. The summed E-state index contributed by atoms with van der Waals surface area (Å²) in [4.78, 5) is 4.42. The molecule has 0 spiro atoms. The average molecular weight is 262 g/mol. The Morgan fingerprint density at radius 3 is 2.89 bits per heavy atom. The molecule has 2 unspecified atom stereocenters. The lowest BCUT2D eigenvalue weighted by molar-refractivity contribution is 0.0962. The molecule has 1 aromatic rings. The van der Waals surface area contributed by atoms with Gasteiger partial charge in [-0.3, -0.25) is 0 Å². The number of pyridine rings is 1. The van der Waals surface area contributed by atoms with Crippen LogP contribution in [0.15, 0.2) is 18.3 Å². The molecule has 19 heavy (non-hydrogen) atoms. The summed E-state index contributed by atoms with van der Waals surface area (Å²) >= 11 is 0. The van der Waals surface area contributed by atoms with Crippen molar-refractivity contribution in [2.75, 3.05) is 0 Å². The highest BCUT2D eigenvalue weighted by Crippen LogP contribution is 2.28. The van der Waals surface area contributed by atoms with E-state index in [-0.39, 0.29) is 0 Å². The highest BCUT2D eigenvalue weighted by Gasteiger charge is 2.24. The molecule has 1 saturated carbocycles. The van der Waals surface area contributed by atoms with Gasteiger partial charge >= 0.3 is 0 Å². The van der Waals surface area contributed by atoms with Crippen molar-refractivity contribution in [3.05, 3.63) is 23.9 Å². The van der Waals surface area contributed by atoms with E-state index < -0.39 is 0 Å². The first-order chi connectivity index (χ1) is 9.16. The molecule has 106 valence electrons. The molecule has 1 N–H and O–H groups in total. The van der Waals surface area contributed by atoms with Crippen molar-refractivity contribution in [2.24, 2.45) is 5.92 Å². The Bertz CT molecular complexity index is 392. The van der Waals surface area contributed by atoms with E-state index in [1.807, 2.05) is 12.3 Å². The van der Waals surface area contributed by atoms with Crippen molar-refractivity contribution >= 4 is 0 Å². The minimum atomic E-state index is 0.335. The predicted octanol–water partition coefficient (Wildman–Crippen LogP) is 3.54. The van der Waals surface area contributed by atoms with E-state index in [2.05, 4.69) is 37.1 Å². The molecule has 2 rings (SSSR count). The van der Waals surface area contributed by atoms with Gasteiger partial charge in [0.1, 0.15) is 6.10 Å². The average Bonchev–Trinajstić information content (AvgIpc) is 2.40. The first-order valence-corrected chi connectivity index (χ1v) is 7.50. The molecular weight excluding hydrogens is 236 g/mol. The monoisotopic (exact) mass is 262 g/mol. The van der Waals surface area contributed by atoms with E-state index in [0.29, 0.717) is 18.1 Å². The third-order valence-electron chi connectivity index (χ3n) is 3.85.